The van der Waals surface area contributed by atoms with Gasteiger partial charge in [0.2, 0.25) is 0 Å². The lowest BCUT2D eigenvalue weighted by Crippen LogP contribution is -2.33. The first kappa shape index (κ1) is 19.6. The van der Waals surface area contributed by atoms with E-state index in [2.05, 4.69) is 5.32 Å². The van der Waals surface area contributed by atoms with E-state index in [1.54, 1.807) is 32.9 Å². The van der Waals surface area contributed by atoms with Crippen molar-refractivity contribution in [1.29, 1.82) is 0 Å². The number of carboxylic acid groups (broad SMARTS) is 1. The maximum Gasteiger partial charge on any atom is 0.407 e. The Kier molecular flexibility index (Phi) is 7.35. The highest BCUT2D eigenvalue weighted by atomic mass is 16.6. The van der Waals surface area contributed by atoms with E-state index in [0.717, 1.165) is 0 Å². The van der Waals surface area contributed by atoms with Crippen molar-refractivity contribution in [3.8, 4) is 11.5 Å². The lowest BCUT2D eigenvalue weighted by molar-refractivity contribution is 0.0525. The van der Waals surface area contributed by atoms with Crippen LogP contribution in [0.3, 0.4) is 0 Å². The minimum Gasteiger partial charge on any atom is -0.497 e. The smallest absolute Gasteiger partial charge is 0.407 e. The van der Waals surface area contributed by atoms with E-state index in [1.165, 1.54) is 13.2 Å². The number of benzene rings is 1. The molecule has 0 spiro atoms. The fourth-order valence-electron chi connectivity index (χ4n) is 1.84. The number of carboxylic acids is 1. The van der Waals surface area contributed by atoms with Gasteiger partial charge in [-0.2, -0.15) is 0 Å². The van der Waals surface area contributed by atoms with Gasteiger partial charge in [-0.1, -0.05) is 0 Å². The molecule has 1 rings (SSSR count). The summed E-state index contributed by atoms with van der Waals surface area (Å²) in [5.41, 5.74) is -0.435. The summed E-state index contributed by atoms with van der Waals surface area (Å²) >= 11 is 0. The van der Waals surface area contributed by atoms with Crippen LogP contribution in [0.25, 0.3) is 0 Å². The standard InChI is InChI=1S/C17H25NO6/c1-17(2,3)24-16(21)18-9-5-6-10-23-14-11-12(22-4)7-8-13(14)15(19)20/h7-8,11H,5-6,9-10H2,1-4H3,(H,18,21)(H,19,20). The molecule has 0 unspecified atom stereocenters. The number of hydrogen-bond donors (Lipinski definition) is 2. The molecule has 134 valence electrons. The molecule has 0 fully saturated rings. The van der Waals surface area contributed by atoms with Crippen LogP contribution < -0.4 is 14.8 Å². The van der Waals surface area contributed by atoms with Gasteiger partial charge in [-0.05, 0) is 45.7 Å². The highest BCUT2D eigenvalue weighted by molar-refractivity contribution is 5.91. The lowest BCUT2D eigenvalue weighted by atomic mass is 10.2. The van der Waals surface area contributed by atoms with Crippen molar-refractivity contribution in [2.75, 3.05) is 20.3 Å². The Balaban J connectivity index is 2.35. The second-order valence-electron chi connectivity index (χ2n) is 6.15. The van der Waals surface area contributed by atoms with E-state index in [-0.39, 0.29) is 11.3 Å². The average molecular weight is 339 g/mol. The van der Waals surface area contributed by atoms with Gasteiger partial charge in [0, 0.05) is 12.6 Å². The molecular formula is C17H25NO6. The van der Waals surface area contributed by atoms with Gasteiger partial charge in [0.05, 0.1) is 13.7 Å². The first-order valence-electron chi connectivity index (χ1n) is 7.74. The van der Waals surface area contributed by atoms with Gasteiger partial charge in [0.25, 0.3) is 0 Å². The molecule has 0 aliphatic carbocycles. The molecule has 1 aromatic rings. The Morgan fingerprint density at radius 1 is 1.21 bits per heavy atom. The number of unbranched alkanes of at least 4 members (excludes halogenated alkanes) is 1. The summed E-state index contributed by atoms with van der Waals surface area (Å²) in [4.78, 5) is 22.6. The zero-order chi connectivity index (χ0) is 18.2. The molecule has 7 heteroatoms. The van der Waals surface area contributed by atoms with Crippen LogP contribution >= 0.6 is 0 Å². The van der Waals surface area contributed by atoms with Crippen LogP contribution in [0.4, 0.5) is 4.79 Å². The van der Waals surface area contributed by atoms with E-state index in [9.17, 15) is 9.59 Å². The van der Waals surface area contributed by atoms with E-state index >= 15 is 0 Å². The Labute approximate surface area is 141 Å². The molecule has 0 aliphatic heterocycles. The quantitative estimate of drug-likeness (QED) is 0.707. The summed E-state index contributed by atoms with van der Waals surface area (Å²) in [7, 11) is 1.50. The minimum absolute atomic E-state index is 0.0858. The molecule has 0 saturated carbocycles. The average Bonchev–Trinajstić information content (AvgIpc) is 2.48. The highest BCUT2D eigenvalue weighted by Gasteiger charge is 2.15. The molecule has 0 atom stereocenters. The van der Waals surface area contributed by atoms with Gasteiger partial charge in [-0.3, -0.25) is 0 Å². The van der Waals surface area contributed by atoms with Crippen molar-refractivity contribution in [2.24, 2.45) is 0 Å². The summed E-state index contributed by atoms with van der Waals surface area (Å²) in [6, 6.07) is 4.56. The molecule has 0 aliphatic rings. The fourth-order valence-corrected chi connectivity index (χ4v) is 1.84. The van der Waals surface area contributed by atoms with Crippen molar-refractivity contribution in [3.63, 3.8) is 0 Å². The van der Waals surface area contributed by atoms with E-state index in [1.807, 2.05) is 0 Å². The number of hydrogen-bond acceptors (Lipinski definition) is 5. The number of carbonyl (C=O) groups is 2. The number of ether oxygens (including phenoxy) is 3. The second-order valence-corrected chi connectivity index (χ2v) is 6.15. The summed E-state index contributed by atoms with van der Waals surface area (Å²) in [6.07, 6.45) is 0.891. The van der Waals surface area contributed by atoms with Gasteiger partial charge in [-0.15, -0.1) is 0 Å². The van der Waals surface area contributed by atoms with E-state index in [4.69, 9.17) is 19.3 Å². The van der Waals surface area contributed by atoms with Crippen molar-refractivity contribution in [3.05, 3.63) is 23.8 Å². The maximum absolute atomic E-state index is 11.5. The van der Waals surface area contributed by atoms with E-state index < -0.39 is 17.7 Å². The monoisotopic (exact) mass is 339 g/mol. The van der Waals surface area contributed by atoms with Crippen LogP contribution in [0, 0.1) is 0 Å². The van der Waals surface area contributed by atoms with Crippen LogP contribution in [0.15, 0.2) is 18.2 Å². The number of alkyl carbamates (subject to hydrolysis) is 1. The number of aromatic carboxylic acids is 1. The molecule has 0 bridgehead atoms. The number of nitrogens with one attached hydrogen (secondary N) is 1. The van der Waals surface area contributed by atoms with Gasteiger partial charge < -0.3 is 24.6 Å². The first-order chi connectivity index (χ1) is 11.2. The first-order valence-corrected chi connectivity index (χ1v) is 7.74. The number of rotatable bonds is 8. The van der Waals surface area contributed by atoms with Crippen molar-refractivity contribution in [2.45, 2.75) is 39.2 Å². The summed E-state index contributed by atoms with van der Waals surface area (Å²) in [5, 5.41) is 11.8. The predicted molar refractivity (Wildman–Crippen MR) is 88.9 cm³/mol. The van der Waals surface area contributed by atoms with E-state index in [0.29, 0.717) is 31.7 Å². The zero-order valence-electron chi connectivity index (χ0n) is 14.5. The third-order valence-corrected chi connectivity index (χ3v) is 2.92. The molecule has 1 amide bonds. The number of amides is 1. The van der Waals surface area contributed by atoms with Gasteiger partial charge in [0.15, 0.2) is 0 Å². The van der Waals surface area contributed by atoms with Crippen molar-refractivity contribution < 1.29 is 28.9 Å². The Bertz CT molecular complexity index is 565. The highest BCUT2D eigenvalue weighted by Crippen LogP contribution is 2.25. The molecule has 24 heavy (non-hydrogen) atoms. The lowest BCUT2D eigenvalue weighted by Gasteiger charge is -2.19. The third kappa shape index (κ3) is 7.21. The van der Waals surface area contributed by atoms with Gasteiger partial charge >= 0.3 is 12.1 Å². The minimum atomic E-state index is -1.06. The fraction of sp³-hybridized carbons (Fsp3) is 0.529. The second kappa shape index (κ2) is 9.00. The third-order valence-electron chi connectivity index (χ3n) is 2.92. The van der Waals surface area contributed by atoms with Crippen LogP contribution in [-0.2, 0) is 4.74 Å². The summed E-state index contributed by atoms with van der Waals surface area (Å²) < 4.78 is 15.7. The summed E-state index contributed by atoms with van der Waals surface area (Å²) in [6.45, 7) is 6.20. The predicted octanol–water partition coefficient (Wildman–Crippen LogP) is 3.08. The molecule has 0 saturated heterocycles. The number of carbonyl (C=O) groups excluding carboxylic acids is 1. The van der Waals surface area contributed by atoms with Crippen LogP contribution in [0.1, 0.15) is 44.0 Å². The Morgan fingerprint density at radius 2 is 1.92 bits per heavy atom. The molecule has 7 nitrogen and oxygen atoms in total. The van der Waals surface area contributed by atoms with Crippen LogP contribution in [0.2, 0.25) is 0 Å². The molecule has 2 N–H and O–H groups in total. The normalized spacial score (nSPS) is 10.8. The van der Waals surface area contributed by atoms with Gasteiger partial charge in [-0.25, -0.2) is 9.59 Å². The zero-order valence-corrected chi connectivity index (χ0v) is 14.5. The molecule has 0 radical (unpaired) electrons. The van der Waals surface area contributed by atoms with Crippen molar-refractivity contribution >= 4 is 12.1 Å². The molecule has 0 heterocycles. The molecule has 1 aromatic carbocycles. The van der Waals surface area contributed by atoms with Gasteiger partial charge in [0.1, 0.15) is 22.7 Å². The Hall–Kier alpha value is -2.44. The largest absolute Gasteiger partial charge is 0.497 e. The Morgan fingerprint density at radius 3 is 2.50 bits per heavy atom. The topological polar surface area (TPSA) is 94.1 Å². The summed E-state index contributed by atoms with van der Waals surface area (Å²) in [5.74, 6) is -0.261. The molecular weight excluding hydrogens is 314 g/mol. The van der Waals surface area contributed by atoms with Crippen molar-refractivity contribution in [1.82, 2.24) is 5.32 Å². The van der Waals surface area contributed by atoms with Crippen LogP contribution in [0.5, 0.6) is 11.5 Å². The molecule has 0 aromatic heterocycles. The number of methoxy groups -OCH3 is 1. The SMILES string of the molecule is COc1ccc(C(=O)O)c(OCCCCNC(=O)OC(C)(C)C)c1. The van der Waals surface area contributed by atoms with Crippen LogP contribution in [-0.4, -0.2) is 43.0 Å². The maximum atomic E-state index is 11.5.